The average Bonchev–Trinajstić information content (AvgIpc) is 3.12. The van der Waals surface area contributed by atoms with Crippen molar-refractivity contribution in [2.24, 2.45) is 5.92 Å². The Morgan fingerprint density at radius 3 is 2.71 bits per heavy atom. The summed E-state index contributed by atoms with van der Waals surface area (Å²) in [5.41, 5.74) is 1.99. The molecule has 1 aliphatic heterocycles. The monoisotopic (exact) mass is 423 g/mol. The number of rotatable bonds is 6. The Kier molecular flexibility index (Phi) is 6.35. The highest BCUT2D eigenvalue weighted by atomic mass is 16.5. The van der Waals surface area contributed by atoms with E-state index in [-0.39, 0.29) is 24.5 Å². The van der Waals surface area contributed by atoms with E-state index in [2.05, 4.69) is 5.32 Å². The van der Waals surface area contributed by atoms with Crippen LogP contribution in [0.3, 0.4) is 0 Å². The van der Waals surface area contributed by atoms with E-state index in [1.807, 2.05) is 48.5 Å². The Morgan fingerprint density at radius 2 is 1.87 bits per heavy atom. The Morgan fingerprint density at radius 1 is 1.10 bits per heavy atom. The van der Waals surface area contributed by atoms with Crippen LogP contribution >= 0.6 is 0 Å². The Bertz CT molecular complexity index is 1110. The number of fused-ring (bicyclic) bond motifs is 1. The van der Waals surface area contributed by atoms with Crippen LogP contribution in [0.1, 0.15) is 19.3 Å². The van der Waals surface area contributed by atoms with Crippen LogP contribution in [0.4, 0.5) is 10.5 Å². The summed E-state index contributed by atoms with van der Waals surface area (Å²) in [7, 11) is 0. The molecule has 4 rings (SSSR count). The standard InChI is InChI=1S/C23H25N3O5/c27-21(30-15-7-14-26-19-11-4-5-12-20(19)31-23(26)29)17-8-6-13-25(16-17)22(28)24-18-9-2-1-3-10-18/h1-5,9-12,17H,6-8,13-16H2,(H,24,28). The minimum Gasteiger partial charge on any atom is -0.465 e. The molecule has 2 heterocycles. The molecule has 1 aliphatic rings. The molecular formula is C23H25N3O5. The van der Waals surface area contributed by atoms with E-state index in [9.17, 15) is 14.4 Å². The number of ether oxygens (including phenoxy) is 1. The van der Waals surface area contributed by atoms with Crippen LogP contribution in [0.2, 0.25) is 0 Å². The maximum Gasteiger partial charge on any atom is 0.419 e. The molecule has 0 aliphatic carbocycles. The third kappa shape index (κ3) is 4.96. The van der Waals surface area contributed by atoms with Crippen LogP contribution in [-0.2, 0) is 16.1 Å². The van der Waals surface area contributed by atoms with Crippen LogP contribution in [0, 0.1) is 5.92 Å². The fourth-order valence-electron chi connectivity index (χ4n) is 3.82. The predicted molar refractivity (Wildman–Crippen MR) is 116 cm³/mol. The summed E-state index contributed by atoms with van der Waals surface area (Å²) < 4.78 is 12.2. The molecule has 8 nitrogen and oxygen atoms in total. The summed E-state index contributed by atoms with van der Waals surface area (Å²) in [5.74, 6) is -1.06. The van der Waals surface area contributed by atoms with Gasteiger partial charge in [0.1, 0.15) is 0 Å². The zero-order chi connectivity index (χ0) is 21.6. The van der Waals surface area contributed by atoms with E-state index >= 15 is 0 Å². The number of aromatic nitrogens is 1. The lowest BCUT2D eigenvalue weighted by molar-refractivity contribution is -0.150. The van der Waals surface area contributed by atoms with Gasteiger partial charge in [-0.25, -0.2) is 9.59 Å². The summed E-state index contributed by atoms with van der Waals surface area (Å²) in [6, 6.07) is 16.2. The second-order valence-corrected chi connectivity index (χ2v) is 7.59. The molecule has 1 saturated heterocycles. The minimum absolute atomic E-state index is 0.206. The van der Waals surface area contributed by atoms with Crippen molar-refractivity contribution in [3.63, 3.8) is 0 Å². The Balaban J connectivity index is 1.25. The van der Waals surface area contributed by atoms with E-state index < -0.39 is 5.76 Å². The SMILES string of the molecule is O=C(OCCCn1c(=O)oc2ccccc21)C1CCCN(C(=O)Nc2ccccc2)C1. The number of oxazole rings is 1. The highest BCUT2D eigenvalue weighted by Crippen LogP contribution is 2.19. The van der Waals surface area contributed by atoms with Crippen molar-refractivity contribution in [3.05, 3.63) is 65.1 Å². The average molecular weight is 423 g/mol. The van der Waals surface area contributed by atoms with Gasteiger partial charge in [0.05, 0.1) is 18.0 Å². The van der Waals surface area contributed by atoms with Gasteiger partial charge >= 0.3 is 17.8 Å². The maximum atomic E-state index is 12.5. The predicted octanol–water partition coefficient (Wildman–Crippen LogP) is 3.47. The number of esters is 1. The summed E-state index contributed by atoms with van der Waals surface area (Å²) in [4.78, 5) is 38.6. The highest BCUT2D eigenvalue weighted by Gasteiger charge is 2.29. The molecule has 1 aromatic heterocycles. The fourth-order valence-corrected chi connectivity index (χ4v) is 3.82. The van der Waals surface area contributed by atoms with Crippen molar-refractivity contribution < 1.29 is 18.7 Å². The molecule has 2 amide bonds. The molecule has 0 spiro atoms. The highest BCUT2D eigenvalue weighted by molar-refractivity contribution is 5.89. The van der Waals surface area contributed by atoms with Gasteiger partial charge in [-0.05, 0) is 43.5 Å². The van der Waals surface area contributed by atoms with Gasteiger partial charge in [-0.2, -0.15) is 0 Å². The first-order valence-corrected chi connectivity index (χ1v) is 10.5. The van der Waals surface area contributed by atoms with Crippen LogP contribution in [-0.4, -0.2) is 41.2 Å². The van der Waals surface area contributed by atoms with Gasteiger partial charge in [0.2, 0.25) is 0 Å². The molecular weight excluding hydrogens is 398 g/mol. The topological polar surface area (TPSA) is 93.8 Å². The molecule has 2 aromatic carbocycles. The number of carbonyl (C=O) groups excluding carboxylic acids is 2. The second-order valence-electron chi connectivity index (χ2n) is 7.59. The van der Waals surface area contributed by atoms with Gasteiger partial charge in [-0.3, -0.25) is 9.36 Å². The zero-order valence-corrected chi connectivity index (χ0v) is 17.2. The van der Waals surface area contributed by atoms with Crippen molar-refractivity contribution in [1.82, 2.24) is 9.47 Å². The minimum atomic E-state index is -0.417. The van der Waals surface area contributed by atoms with Crippen LogP contribution < -0.4 is 11.1 Å². The number of anilines is 1. The first-order valence-electron chi connectivity index (χ1n) is 10.5. The van der Waals surface area contributed by atoms with Crippen molar-refractivity contribution in [2.45, 2.75) is 25.8 Å². The van der Waals surface area contributed by atoms with E-state index in [4.69, 9.17) is 9.15 Å². The number of hydrogen-bond donors (Lipinski definition) is 1. The summed E-state index contributed by atoms with van der Waals surface area (Å²) >= 11 is 0. The Hall–Kier alpha value is -3.55. The first kappa shape index (κ1) is 20.7. The van der Waals surface area contributed by atoms with Crippen molar-refractivity contribution >= 4 is 28.8 Å². The first-order chi connectivity index (χ1) is 15.1. The lowest BCUT2D eigenvalue weighted by Crippen LogP contribution is -2.44. The molecule has 1 fully saturated rings. The number of urea groups is 1. The molecule has 0 saturated carbocycles. The van der Waals surface area contributed by atoms with Gasteiger partial charge in [0.15, 0.2) is 5.58 Å². The fraction of sp³-hybridized carbons (Fsp3) is 0.348. The van der Waals surface area contributed by atoms with Crippen LogP contribution in [0.15, 0.2) is 63.8 Å². The zero-order valence-electron chi connectivity index (χ0n) is 17.2. The molecule has 0 bridgehead atoms. The van der Waals surface area contributed by atoms with E-state index in [1.54, 1.807) is 15.5 Å². The number of likely N-dealkylation sites (tertiary alicyclic amines) is 1. The summed E-state index contributed by atoms with van der Waals surface area (Å²) in [6.45, 7) is 1.55. The van der Waals surface area contributed by atoms with Gasteiger partial charge in [0, 0.05) is 25.3 Å². The van der Waals surface area contributed by atoms with E-state index in [1.165, 1.54) is 0 Å². The van der Waals surface area contributed by atoms with Crippen molar-refractivity contribution in [3.8, 4) is 0 Å². The number of amides is 2. The second kappa shape index (κ2) is 9.51. The van der Waals surface area contributed by atoms with Crippen LogP contribution in [0.25, 0.3) is 11.1 Å². The quantitative estimate of drug-likeness (QED) is 0.484. The number of hydrogen-bond acceptors (Lipinski definition) is 5. The number of nitrogens with one attached hydrogen (secondary N) is 1. The van der Waals surface area contributed by atoms with E-state index in [0.29, 0.717) is 38.1 Å². The normalized spacial score (nSPS) is 16.3. The summed E-state index contributed by atoms with van der Waals surface area (Å²) in [5, 5.41) is 2.85. The molecule has 0 radical (unpaired) electrons. The molecule has 31 heavy (non-hydrogen) atoms. The molecule has 1 unspecified atom stereocenters. The number of benzene rings is 2. The van der Waals surface area contributed by atoms with Gasteiger partial charge in [-0.1, -0.05) is 30.3 Å². The lowest BCUT2D eigenvalue weighted by Gasteiger charge is -2.31. The maximum absolute atomic E-state index is 12.5. The molecule has 1 atom stereocenters. The molecule has 1 N–H and O–H groups in total. The third-order valence-corrected chi connectivity index (χ3v) is 5.41. The van der Waals surface area contributed by atoms with Gasteiger partial charge in [0.25, 0.3) is 0 Å². The Labute approximate surface area is 179 Å². The molecule has 162 valence electrons. The molecule has 3 aromatic rings. The molecule has 8 heteroatoms. The van der Waals surface area contributed by atoms with Gasteiger partial charge in [-0.15, -0.1) is 0 Å². The number of piperidine rings is 1. The summed E-state index contributed by atoms with van der Waals surface area (Å²) in [6.07, 6.45) is 1.94. The van der Waals surface area contributed by atoms with Crippen molar-refractivity contribution in [1.29, 1.82) is 0 Å². The largest absolute Gasteiger partial charge is 0.465 e. The third-order valence-electron chi connectivity index (χ3n) is 5.41. The van der Waals surface area contributed by atoms with E-state index in [0.717, 1.165) is 17.6 Å². The van der Waals surface area contributed by atoms with Crippen molar-refractivity contribution in [2.75, 3.05) is 25.0 Å². The number of aryl methyl sites for hydroxylation is 1. The van der Waals surface area contributed by atoms with Crippen LogP contribution in [0.5, 0.6) is 0 Å². The lowest BCUT2D eigenvalue weighted by atomic mass is 9.98. The number of carbonyl (C=O) groups is 2. The number of nitrogens with zero attached hydrogens (tertiary/aromatic N) is 2. The smallest absolute Gasteiger partial charge is 0.419 e. The number of para-hydroxylation sites is 3. The van der Waals surface area contributed by atoms with Gasteiger partial charge < -0.3 is 19.4 Å².